The van der Waals surface area contributed by atoms with Gasteiger partial charge in [0.25, 0.3) is 0 Å². The lowest BCUT2D eigenvalue weighted by Crippen LogP contribution is -2.61. The molecule has 64 heavy (non-hydrogen) atoms. The van der Waals surface area contributed by atoms with E-state index < -0.39 is 128 Å². The SMILES string of the molecule is C[C@@H]1C[C@@H](C)C=CC=CC=CC=CC=CC=CC=C[C@H](O[C@@H]2O[C@H](C)[C@@H](O)[C@H](N)[C@@H]2O)C[C@@H]2O[C@](O)(C[C@@H](O)C[C@@H](O)[C@H](O)CC[C@@H](O)C[C@@H](O)CC(=O)O[C@H]1C)C[C@H](O)[C@H]2C(=O)O. The summed E-state index contributed by atoms with van der Waals surface area (Å²) >= 11 is 0. The molecule has 0 aliphatic carbocycles. The van der Waals surface area contributed by atoms with Crippen LogP contribution in [-0.4, -0.2) is 154 Å². The number of carbonyl (C=O) groups excluding carboxylic acids is 1. The summed E-state index contributed by atoms with van der Waals surface area (Å²) in [5.74, 6) is -5.73. The molecule has 18 atom stereocenters. The van der Waals surface area contributed by atoms with E-state index in [4.69, 9.17) is 24.7 Å². The summed E-state index contributed by atoms with van der Waals surface area (Å²) in [5, 5.41) is 107. The number of carboxylic acid groups (broad SMARTS) is 1. The molecule has 0 saturated carbocycles. The van der Waals surface area contributed by atoms with Gasteiger partial charge in [-0.1, -0.05) is 98.9 Å². The van der Waals surface area contributed by atoms with Gasteiger partial charge in [-0.05, 0) is 51.4 Å². The summed E-state index contributed by atoms with van der Waals surface area (Å²) in [6.07, 6.45) is 6.70. The normalized spacial score (nSPS) is 41.3. The van der Waals surface area contributed by atoms with Gasteiger partial charge in [0.05, 0.1) is 73.5 Å². The number of cyclic esters (lactones) is 1. The van der Waals surface area contributed by atoms with Crippen molar-refractivity contribution in [1.82, 2.24) is 0 Å². The number of aliphatic carboxylic acids is 1. The van der Waals surface area contributed by atoms with Crippen molar-refractivity contribution in [2.24, 2.45) is 23.5 Å². The smallest absolute Gasteiger partial charge is 0.311 e. The van der Waals surface area contributed by atoms with E-state index in [2.05, 4.69) is 13.0 Å². The fourth-order valence-electron chi connectivity index (χ4n) is 7.98. The Labute approximate surface area is 376 Å². The maximum Gasteiger partial charge on any atom is 0.311 e. The van der Waals surface area contributed by atoms with Crippen molar-refractivity contribution in [3.05, 3.63) is 85.1 Å². The second kappa shape index (κ2) is 27.3. The zero-order valence-electron chi connectivity index (χ0n) is 37.3. The number of rotatable bonds is 3. The predicted octanol–water partition coefficient (Wildman–Crippen LogP) is 1.74. The van der Waals surface area contributed by atoms with Crippen LogP contribution in [0, 0.1) is 17.8 Å². The highest BCUT2D eigenvalue weighted by molar-refractivity contribution is 5.71. The molecule has 3 rings (SSSR count). The third-order valence-electron chi connectivity index (χ3n) is 11.8. The van der Waals surface area contributed by atoms with E-state index in [0.29, 0.717) is 0 Å². The highest BCUT2D eigenvalue weighted by Crippen LogP contribution is 2.38. The number of allylic oxidation sites excluding steroid dienone is 13. The van der Waals surface area contributed by atoms with Crippen molar-refractivity contribution in [2.75, 3.05) is 0 Å². The first-order chi connectivity index (χ1) is 30.2. The van der Waals surface area contributed by atoms with Gasteiger partial charge in [0, 0.05) is 25.7 Å². The zero-order valence-corrected chi connectivity index (χ0v) is 37.3. The Hall–Kier alpha value is -3.40. The molecule has 12 N–H and O–H groups in total. The molecule has 0 aromatic carbocycles. The van der Waals surface area contributed by atoms with Crippen LogP contribution >= 0.6 is 0 Å². The molecule has 2 fully saturated rings. The maximum atomic E-state index is 12.6. The molecular weight excluding hydrogens is 835 g/mol. The first-order valence-electron chi connectivity index (χ1n) is 22.2. The van der Waals surface area contributed by atoms with Crippen molar-refractivity contribution in [1.29, 1.82) is 0 Å². The van der Waals surface area contributed by atoms with Gasteiger partial charge in [-0.3, -0.25) is 9.59 Å². The van der Waals surface area contributed by atoms with Gasteiger partial charge in [-0.15, -0.1) is 0 Å². The van der Waals surface area contributed by atoms with Crippen LogP contribution in [0.25, 0.3) is 0 Å². The average molecular weight is 908 g/mol. The van der Waals surface area contributed by atoms with E-state index in [1.807, 2.05) is 49.5 Å². The molecular formula is C47H73NO16. The number of aliphatic hydroxyl groups is 9. The van der Waals surface area contributed by atoms with E-state index in [9.17, 15) is 60.7 Å². The molecule has 2 bridgehead atoms. The third-order valence-corrected chi connectivity index (χ3v) is 11.8. The maximum absolute atomic E-state index is 12.6. The highest BCUT2D eigenvalue weighted by Gasteiger charge is 2.51. The van der Waals surface area contributed by atoms with Crippen LogP contribution in [0.2, 0.25) is 0 Å². The summed E-state index contributed by atoms with van der Waals surface area (Å²) in [5.41, 5.74) is 6.02. The lowest BCUT2D eigenvalue weighted by molar-refractivity contribution is -0.308. The Morgan fingerprint density at radius 1 is 0.672 bits per heavy atom. The molecule has 3 aliphatic heterocycles. The fourth-order valence-corrected chi connectivity index (χ4v) is 7.98. The largest absolute Gasteiger partial charge is 0.481 e. The Bertz CT molecular complexity index is 1630. The monoisotopic (exact) mass is 907 g/mol. The second-order valence-corrected chi connectivity index (χ2v) is 17.5. The lowest BCUT2D eigenvalue weighted by Gasteiger charge is -2.45. The molecule has 3 heterocycles. The van der Waals surface area contributed by atoms with Crippen molar-refractivity contribution < 1.29 is 79.6 Å². The van der Waals surface area contributed by atoms with E-state index in [0.717, 1.165) is 6.42 Å². The van der Waals surface area contributed by atoms with Crippen molar-refractivity contribution in [3.63, 3.8) is 0 Å². The average Bonchev–Trinajstić information content (AvgIpc) is 3.19. The van der Waals surface area contributed by atoms with Crippen LogP contribution in [0.15, 0.2) is 85.1 Å². The molecule has 0 aromatic rings. The number of fused-ring (bicyclic) bond motifs is 2. The summed E-state index contributed by atoms with van der Waals surface area (Å²) in [6.45, 7) is 7.36. The van der Waals surface area contributed by atoms with E-state index in [1.165, 1.54) is 13.0 Å². The molecule has 0 aromatic heterocycles. The molecule has 0 spiro atoms. The van der Waals surface area contributed by atoms with Gasteiger partial charge < -0.3 is 75.7 Å². The van der Waals surface area contributed by atoms with Gasteiger partial charge in [0.15, 0.2) is 12.1 Å². The molecule has 2 saturated heterocycles. The first kappa shape index (κ1) is 54.9. The minimum Gasteiger partial charge on any atom is -0.481 e. The molecule has 3 aliphatic rings. The molecule has 0 unspecified atom stereocenters. The van der Waals surface area contributed by atoms with Crippen LogP contribution in [0.4, 0.5) is 0 Å². The van der Waals surface area contributed by atoms with Crippen molar-refractivity contribution in [2.45, 2.75) is 177 Å². The predicted molar refractivity (Wildman–Crippen MR) is 236 cm³/mol. The van der Waals surface area contributed by atoms with Crippen molar-refractivity contribution >= 4 is 11.9 Å². The van der Waals surface area contributed by atoms with Gasteiger partial charge in [-0.25, -0.2) is 0 Å². The van der Waals surface area contributed by atoms with Crippen LogP contribution in [0.1, 0.15) is 85.5 Å². The molecule has 17 nitrogen and oxygen atoms in total. The number of hydrogen-bond donors (Lipinski definition) is 11. The summed E-state index contributed by atoms with van der Waals surface area (Å²) in [4.78, 5) is 25.1. The standard InChI is InChI=1S/C47H73NO16/c1-28-17-15-13-11-9-7-5-6-8-10-12-14-16-18-35(63-46-44(57)42(48)43(56)31(4)62-46)25-39-41(45(58)59)38(54)27-47(60,64-39)26-34(51)23-37(53)36(52)20-19-32(49)22-33(50)24-40(55)61-30(3)29(2)21-28/h5-18,28-39,41-44,46,49-54,56-57,60H,19-27,48H2,1-4H3,(H,58,59)/t28-,29+,30-,31+,32+,33+,34-,35-,36+,37+,38-,39-,41+,42-,43+,44-,46-,47+/m0/s1. The first-order valence-corrected chi connectivity index (χ1v) is 22.2. The zero-order chi connectivity index (χ0) is 47.6. The topological polar surface area (TPSA) is 299 Å². The Morgan fingerprint density at radius 2 is 1.25 bits per heavy atom. The number of aliphatic hydroxyl groups excluding tert-OH is 8. The Balaban J connectivity index is 1.85. The molecule has 17 heteroatoms. The summed E-state index contributed by atoms with van der Waals surface area (Å²) in [6, 6.07) is -1.14. The summed E-state index contributed by atoms with van der Waals surface area (Å²) in [7, 11) is 0. The summed E-state index contributed by atoms with van der Waals surface area (Å²) < 4.78 is 23.3. The fraction of sp³-hybridized carbons (Fsp3) is 0.660. The Kier molecular flexibility index (Phi) is 23.4. The van der Waals surface area contributed by atoms with Crippen LogP contribution in [0.5, 0.6) is 0 Å². The van der Waals surface area contributed by atoms with Crippen molar-refractivity contribution in [3.8, 4) is 0 Å². The minimum absolute atomic E-state index is 0.0242. The van der Waals surface area contributed by atoms with E-state index >= 15 is 0 Å². The van der Waals surface area contributed by atoms with Gasteiger partial charge in [0.1, 0.15) is 18.1 Å². The molecule has 362 valence electrons. The number of esters is 1. The molecule has 0 radical (unpaired) electrons. The highest BCUT2D eigenvalue weighted by atomic mass is 16.7. The number of ether oxygens (including phenoxy) is 4. The number of carboxylic acids is 1. The second-order valence-electron chi connectivity index (χ2n) is 17.5. The number of hydrogen-bond acceptors (Lipinski definition) is 16. The molecule has 0 amide bonds. The Morgan fingerprint density at radius 3 is 1.84 bits per heavy atom. The lowest BCUT2D eigenvalue weighted by atomic mass is 9.82. The van der Waals surface area contributed by atoms with Crippen LogP contribution < -0.4 is 5.73 Å². The third kappa shape index (κ3) is 18.8. The van der Waals surface area contributed by atoms with E-state index in [-0.39, 0.29) is 43.9 Å². The van der Waals surface area contributed by atoms with Gasteiger partial charge in [-0.2, -0.15) is 0 Å². The van der Waals surface area contributed by atoms with E-state index in [1.54, 1.807) is 37.3 Å². The quantitative estimate of drug-likeness (QED) is 0.180. The van der Waals surface area contributed by atoms with Crippen LogP contribution in [0.3, 0.4) is 0 Å². The van der Waals surface area contributed by atoms with Gasteiger partial charge in [0.2, 0.25) is 0 Å². The number of carbonyl (C=O) groups is 2. The van der Waals surface area contributed by atoms with Crippen LogP contribution in [-0.2, 0) is 28.5 Å². The minimum atomic E-state index is -2.31. The van der Waals surface area contributed by atoms with Gasteiger partial charge >= 0.3 is 11.9 Å². The number of nitrogens with two attached hydrogens (primary N) is 1.